The highest BCUT2D eigenvalue weighted by molar-refractivity contribution is 5.42. The first-order valence-corrected chi connectivity index (χ1v) is 6.72. The molecular weight excluding hydrogens is 226 g/mol. The average Bonchev–Trinajstić information content (AvgIpc) is 2.40. The maximum Gasteiger partial charge on any atom is 0.161 e. The Balaban J connectivity index is 2.56. The molecule has 1 N–H and O–H groups in total. The lowest BCUT2D eigenvalue weighted by molar-refractivity contribution is 0.248. The van der Waals surface area contributed by atoms with Crippen LogP contribution in [0.5, 0.6) is 11.5 Å². The van der Waals surface area contributed by atoms with Crippen molar-refractivity contribution in [1.29, 1.82) is 0 Å². The van der Waals surface area contributed by atoms with Gasteiger partial charge in [-0.1, -0.05) is 19.9 Å². The third kappa shape index (κ3) is 4.57. The van der Waals surface area contributed by atoms with Crippen molar-refractivity contribution in [3.63, 3.8) is 0 Å². The number of benzene rings is 1. The maximum absolute atomic E-state index is 5.85. The Morgan fingerprint density at radius 1 is 1.22 bits per heavy atom. The van der Waals surface area contributed by atoms with Crippen molar-refractivity contribution in [2.75, 3.05) is 20.3 Å². The predicted octanol–water partition coefficient (Wildman–Crippen LogP) is 3.16. The minimum atomic E-state index is 0.399. The van der Waals surface area contributed by atoms with Crippen molar-refractivity contribution < 1.29 is 9.47 Å². The summed E-state index contributed by atoms with van der Waals surface area (Å²) in [5, 5.41) is 3.47. The molecule has 1 aromatic carbocycles. The van der Waals surface area contributed by atoms with E-state index in [9.17, 15) is 0 Å². The number of hydrogen-bond donors (Lipinski definition) is 1. The molecule has 0 saturated heterocycles. The van der Waals surface area contributed by atoms with E-state index in [1.165, 1.54) is 5.56 Å². The summed E-state index contributed by atoms with van der Waals surface area (Å²) < 4.78 is 11.2. The van der Waals surface area contributed by atoms with Gasteiger partial charge in [0.1, 0.15) is 6.61 Å². The first-order valence-electron chi connectivity index (χ1n) is 6.72. The summed E-state index contributed by atoms with van der Waals surface area (Å²) in [6.45, 7) is 8.10. The maximum atomic E-state index is 5.85. The fourth-order valence-electron chi connectivity index (χ4n) is 1.75. The number of aryl methyl sites for hydroxylation is 1. The van der Waals surface area contributed by atoms with Gasteiger partial charge in [-0.2, -0.15) is 0 Å². The van der Waals surface area contributed by atoms with Gasteiger partial charge >= 0.3 is 0 Å². The first kappa shape index (κ1) is 14.8. The molecule has 0 heterocycles. The molecule has 0 spiro atoms. The minimum absolute atomic E-state index is 0.399. The number of hydrogen-bond acceptors (Lipinski definition) is 3. The number of nitrogens with one attached hydrogen (secondary N) is 1. The van der Waals surface area contributed by atoms with Crippen LogP contribution in [0, 0.1) is 6.92 Å². The normalized spacial score (nSPS) is 12.2. The Bertz CT molecular complexity index is 352. The molecule has 18 heavy (non-hydrogen) atoms. The quantitative estimate of drug-likeness (QED) is 0.770. The summed E-state index contributed by atoms with van der Waals surface area (Å²) >= 11 is 0. The van der Waals surface area contributed by atoms with E-state index < -0.39 is 0 Å². The average molecular weight is 251 g/mol. The molecule has 0 amide bonds. The van der Waals surface area contributed by atoms with Gasteiger partial charge in [-0.05, 0) is 44.0 Å². The highest BCUT2D eigenvalue weighted by atomic mass is 16.5. The molecule has 1 unspecified atom stereocenters. The minimum Gasteiger partial charge on any atom is -0.493 e. The Hall–Kier alpha value is -1.22. The molecule has 0 aliphatic rings. The summed E-state index contributed by atoms with van der Waals surface area (Å²) in [5.74, 6) is 1.63. The molecule has 102 valence electrons. The molecule has 0 aromatic heterocycles. The van der Waals surface area contributed by atoms with Crippen molar-refractivity contribution in [2.24, 2.45) is 0 Å². The van der Waals surface area contributed by atoms with Crippen LogP contribution in [-0.4, -0.2) is 26.3 Å². The van der Waals surface area contributed by atoms with E-state index in [1.807, 2.05) is 25.1 Å². The molecule has 0 aliphatic heterocycles. The van der Waals surface area contributed by atoms with E-state index in [1.54, 1.807) is 7.11 Å². The van der Waals surface area contributed by atoms with Crippen molar-refractivity contribution in [1.82, 2.24) is 5.32 Å². The van der Waals surface area contributed by atoms with E-state index in [0.717, 1.165) is 30.9 Å². The van der Waals surface area contributed by atoms with Crippen LogP contribution in [0.1, 0.15) is 32.3 Å². The van der Waals surface area contributed by atoms with Gasteiger partial charge in [-0.3, -0.25) is 0 Å². The monoisotopic (exact) mass is 251 g/mol. The van der Waals surface area contributed by atoms with Gasteiger partial charge in [0.25, 0.3) is 0 Å². The zero-order valence-electron chi connectivity index (χ0n) is 12.0. The van der Waals surface area contributed by atoms with Crippen LogP contribution in [0.3, 0.4) is 0 Å². The third-order valence-electron chi connectivity index (χ3n) is 2.93. The van der Waals surface area contributed by atoms with E-state index in [-0.39, 0.29) is 0 Å². The van der Waals surface area contributed by atoms with Crippen molar-refractivity contribution in [3.8, 4) is 11.5 Å². The molecule has 0 aliphatic carbocycles. The third-order valence-corrected chi connectivity index (χ3v) is 2.93. The van der Waals surface area contributed by atoms with Crippen LogP contribution in [0.4, 0.5) is 0 Å². The second-order valence-corrected chi connectivity index (χ2v) is 4.52. The summed E-state index contributed by atoms with van der Waals surface area (Å²) in [4.78, 5) is 0. The first-order chi connectivity index (χ1) is 8.71. The van der Waals surface area contributed by atoms with Gasteiger partial charge < -0.3 is 14.8 Å². The van der Waals surface area contributed by atoms with E-state index >= 15 is 0 Å². The van der Waals surface area contributed by atoms with Gasteiger partial charge in [0, 0.05) is 6.04 Å². The molecule has 1 atom stereocenters. The topological polar surface area (TPSA) is 30.5 Å². The zero-order chi connectivity index (χ0) is 13.4. The molecule has 0 bridgehead atoms. The van der Waals surface area contributed by atoms with Crippen LogP contribution in [0.15, 0.2) is 18.2 Å². The Morgan fingerprint density at radius 3 is 2.61 bits per heavy atom. The fraction of sp³-hybridized carbons (Fsp3) is 0.600. The van der Waals surface area contributed by atoms with Crippen LogP contribution in [-0.2, 0) is 0 Å². The van der Waals surface area contributed by atoms with Crippen molar-refractivity contribution >= 4 is 0 Å². The SMILES string of the molecule is CCCNC(CC)COc1ccc(C)cc1OC. The molecule has 3 nitrogen and oxygen atoms in total. The largest absolute Gasteiger partial charge is 0.493 e. The van der Waals surface area contributed by atoms with Gasteiger partial charge in [-0.15, -0.1) is 0 Å². The molecule has 3 heteroatoms. The van der Waals surface area contributed by atoms with E-state index in [0.29, 0.717) is 12.6 Å². The highest BCUT2D eigenvalue weighted by Crippen LogP contribution is 2.27. The van der Waals surface area contributed by atoms with Crippen LogP contribution < -0.4 is 14.8 Å². The highest BCUT2D eigenvalue weighted by Gasteiger charge is 2.09. The molecule has 1 aromatic rings. The molecule has 0 radical (unpaired) electrons. The summed E-state index contributed by atoms with van der Waals surface area (Å²) in [7, 11) is 1.67. The smallest absolute Gasteiger partial charge is 0.161 e. The Labute approximate surface area is 110 Å². The van der Waals surface area contributed by atoms with Crippen molar-refractivity contribution in [2.45, 2.75) is 39.7 Å². The van der Waals surface area contributed by atoms with Gasteiger partial charge in [0.2, 0.25) is 0 Å². The summed E-state index contributed by atoms with van der Waals surface area (Å²) in [6, 6.07) is 6.41. The lowest BCUT2D eigenvalue weighted by Gasteiger charge is -2.18. The van der Waals surface area contributed by atoms with Gasteiger partial charge in [0.15, 0.2) is 11.5 Å². The number of ether oxygens (including phenoxy) is 2. The Kier molecular flexibility index (Phi) is 6.58. The van der Waals surface area contributed by atoms with Crippen LogP contribution >= 0.6 is 0 Å². The fourth-order valence-corrected chi connectivity index (χ4v) is 1.75. The lowest BCUT2D eigenvalue weighted by Crippen LogP contribution is -2.34. The standard InChI is InChI=1S/C15H25NO2/c1-5-9-16-13(6-2)11-18-14-8-7-12(3)10-15(14)17-4/h7-8,10,13,16H,5-6,9,11H2,1-4H3. The van der Waals surface area contributed by atoms with Crippen molar-refractivity contribution in [3.05, 3.63) is 23.8 Å². The predicted molar refractivity (Wildman–Crippen MR) is 75.6 cm³/mol. The lowest BCUT2D eigenvalue weighted by atomic mass is 10.2. The second-order valence-electron chi connectivity index (χ2n) is 4.52. The van der Waals surface area contributed by atoms with Crippen LogP contribution in [0.2, 0.25) is 0 Å². The summed E-state index contributed by atoms with van der Waals surface area (Å²) in [6.07, 6.45) is 2.21. The van der Waals surface area contributed by atoms with Gasteiger partial charge in [0.05, 0.1) is 7.11 Å². The molecule has 1 rings (SSSR count). The van der Waals surface area contributed by atoms with E-state index in [2.05, 4.69) is 19.2 Å². The zero-order valence-corrected chi connectivity index (χ0v) is 12.0. The van der Waals surface area contributed by atoms with Crippen LogP contribution in [0.25, 0.3) is 0 Å². The van der Waals surface area contributed by atoms with Gasteiger partial charge in [-0.25, -0.2) is 0 Å². The molecular formula is C15H25NO2. The number of rotatable bonds is 8. The molecule has 0 fully saturated rings. The van der Waals surface area contributed by atoms with E-state index in [4.69, 9.17) is 9.47 Å². The molecule has 0 saturated carbocycles. The number of methoxy groups -OCH3 is 1. The summed E-state index contributed by atoms with van der Waals surface area (Å²) in [5.41, 5.74) is 1.18. The Morgan fingerprint density at radius 2 is 2.00 bits per heavy atom. The second kappa shape index (κ2) is 7.98.